The summed E-state index contributed by atoms with van der Waals surface area (Å²) in [6.07, 6.45) is -0.516. The molecule has 1 fully saturated rings. The molecular formula is C16H25N3O2. The maximum absolute atomic E-state index is 12.2. The molecule has 1 amide bonds. The summed E-state index contributed by atoms with van der Waals surface area (Å²) >= 11 is 0. The van der Waals surface area contributed by atoms with Crippen LogP contribution in [0.4, 0.5) is 5.69 Å². The summed E-state index contributed by atoms with van der Waals surface area (Å²) in [5.41, 5.74) is 9.44. The summed E-state index contributed by atoms with van der Waals surface area (Å²) in [4.78, 5) is 16.4. The number of hydrogen-bond donors (Lipinski definition) is 1. The van der Waals surface area contributed by atoms with E-state index in [2.05, 4.69) is 36.9 Å². The largest absolute Gasteiger partial charge is 0.370 e. The highest BCUT2D eigenvalue weighted by Crippen LogP contribution is 2.23. The number of aryl methyl sites for hydroxylation is 1. The average molecular weight is 291 g/mol. The van der Waals surface area contributed by atoms with Crippen LogP contribution in [0.15, 0.2) is 18.2 Å². The van der Waals surface area contributed by atoms with E-state index in [1.807, 2.05) is 4.90 Å². The summed E-state index contributed by atoms with van der Waals surface area (Å²) < 4.78 is 5.13. The standard InChI is InChI=1S/C16H25N3O2/c1-12-5-4-6-14(13(12)2)18-7-9-19(10-8-18)16(20)15(11-17)21-3/h4-6,15H,7-11,17H2,1-3H3. The van der Waals surface area contributed by atoms with Crippen molar-refractivity contribution in [3.63, 3.8) is 0 Å². The van der Waals surface area contributed by atoms with Crippen LogP contribution in [0.2, 0.25) is 0 Å². The molecule has 0 aromatic heterocycles. The van der Waals surface area contributed by atoms with Gasteiger partial charge in [0.2, 0.25) is 0 Å². The van der Waals surface area contributed by atoms with E-state index in [0.29, 0.717) is 13.1 Å². The van der Waals surface area contributed by atoms with Gasteiger partial charge < -0.3 is 20.3 Å². The van der Waals surface area contributed by atoms with Crippen molar-refractivity contribution in [1.82, 2.24) is 4.90 Å². The van der Waals surface area contributed by atoms with Crippen molar-refractivity contribution in [2.45, 2.75) is 20.0 Å². The molecule has 2 N–H and O–H groups in total. The van der Waals surface area contributed by atoms with E-state index < -0.39 is 6.10 Å². The predicted octanol–water partition coefficient (Wildman–Crippen LogP) is 0.926. The number of nitrogens with two attached hydrogens (primary N) is 1. The van der Waals surface area contributed by atoms with Crippen LogP contribution in [0.1, 0.15) is 11.1 Å². The number of benzene rings is 1. The molecule has 2 rings (SSSR count). The number of nitrogens with zero attached hydrogens (tertiary/aromatic N) is 2. The minimum atomic E-state index is -0.516. The van der Waals surface area contributed by atoms with Crippen LogP contribution in [-0.4, -0.2) is 56.7 Å². The molecule has 116 valence electrons. The second-order valence-corrected chi connectivity index (χ2v) is 5.49. The monoisotopic (exact) mass is 291 g/mol. The Morgan fingerprint density at radius 1 is 1.29 bits per heavy atom. The molecule has 5 heteroatoms. The van der Waals surface area contributed by atoms with Gasteiger partial charge in [0.05, 0.1) is 0 Å². The zero-order valence-corrected chi connectivity index (χ0v) is 13.1. The van der Waals surface area contributed by atoms with E-state index in [9.17, 15) is 4.79 Å². The van der Waals surface area contributed by atoms with Gasteiger partial charge in [-0.1, -0.05) is 12.1 Å². The molecule has 0 aliphatic carbocycles. The Bertz CT molecular complexity index is 492. The molecule has 0 radical (unpaired) electrons. The molecule has 5 nitrogen and oxygen atoms in total. The van der Waals surface area contributed by atoms with Gasteiger partial charge in [-0.2, -0.15) is 0 Å². The first kappa shape index (κ1) is 15.8. The van der Waals surface area contributed by atoms with Gasteiger partial charge in [-0.3, -0.25) is 4.79 Å². The third kappa shape index (κ3) is 3.36. The van der Waals surface area contributed by atoms with Gasteiger partial charge in [-0.05, 0) is 31.0 Å². The van der Waals surface area contributed by atoms with Crippen LogP contribution in [0.3, 0.4) is 0 Å². The molecular weight excluding hydrogens is 266 g/mol. The minimum Gasteiger partial charge on any atom is -0.370 e. The van der Waals surface area contributed by atoms with Gasteiger partial charge in [0.25, 0.3) is 5.91 Å². The predicted molar refractivity (Wildman–Crippen MR) is 84.6 cm³/mol. The maximum atomic E-state index is 12.2. The van der Waals surface area contributed by atoms with Crippen molar-refractivity contribution in [2.24, 2.45) is 5.73 Å². The van der Waals surface area contributed by atoms with Gasteiger partial charge in [0, 0.05) is 45.5 Å². The Balaban J connectivity index is 2.00. The van der Waals surface area contributed by atoms with Crippen molar-refractivity contribution in [2.75, 3.05) is 44.7 Å². The number of piperazine rings is 1. The third-order valence-electron chi connectivity index (χ3n) is 4.28. The molecule has 1 aromatic carbocycles. The minimum absolute atomic E-state index is 0.000569. The number of carbonyl (C=O) groups excluding carboxylic acids is 1. The van der Waals surface area contributed by atoms with Crippen LogP contribution in [0, 0.1) is 13.8 Å². The van der Waals surface area contributed by atoms with Gasteiger partial charge in [-0.25, -0.2) is 0 Å². The second-order valence-electron chi connectivity index (χ2n) is 5.49. The van der Waals surface area contributed by atoms with E-state index in [4.69, 9.17) is 10.5 Å². The van der Waals surface area contributed by atoms with Crippen LogP contribution >= 0.6 is 0 Å². The summed E-state index contributed by atoms with van der Waals surface area (Å²) in [6, 6.07) is 6.37. The number of hydrogen-bond acceptors (Lipinski definition) is 4. The molecule has 1 aliphatic rings. The van der Waals surface area contributed by atoms with E-state index in [1.54, 1.807) is 0 Å². The number of rotatable bonds is 4. The highest BCUT2D eigenvalue weighted by molar-refractivity contribution is 5.81. The lowest BCUT2D eigenvalue weighted by atomic mass is 10.1. The third-order valence-corrected chi connectivity index (χ3v) is 4.28. The quantitative estimate of drug-likeness (QED) is 0.896. The van der Waals surface area contributed by atoms with Crippen molar-refractivity contribution < 1.29 is 9.53 Å². The number of carbonyl (C=O) groups is 1. The molecule has 1 aromatic rings. The first-order chi connectivity index (χ1) is 10.1. The molecule has 1 aliphatic heterocycles. The van der Waals surface area contributed by atoms with Crippen LogP contribution < -0.4 is 10.6 Å². The summed E-state index contributed by atoms with van der Waals surface area (Å²) in [5.74, 6) is 0.000569. The molecule has 0 saturated carbocycles. The van der Waals surface area contributed by atoms with Crippen LogP contribution in [-0.2, 0) is 9.53 Å². The first-order valence-corrected chi connectivity index (χ1v) is 7.41. The SMILES string of the molecule is COC(CN)C(=O)N1CCN(c2cccc(C)c2C)CC1. The molecule has 1 atom stereocenters. The van der Waals surface area contributed by atoms with Crippen molar-refractivity contribution in [3.8, 4) is 0 Å². The van der Waals surface area contributed by atoms with E-state index in [-0.39, 0.29) is 12.5 Å². The highest BCUT2D eigenvalue weighted by Gasteiger charge is 2.27. The zero-order valence-electron chi connectivity index (χ0n) is 13.1. The number of methoxy groups -OCH3 is 1. The lowest BCUT2D eigenvalue weighted by molar-refractivity contribution is -0.141. The van der Waals surface area contributed by atoms with Gasteiger partial charge >= 0.3 is 0 Å². The van der Waals surface area contributed by atoms with E-state index in [0.717, 1.165) is 13.1 Å². The van der Waals surface area contributed by atoms with Gasteiger partial charge in [0.1, 0.15) is 6.10 Å². The summed E-state index contributed by atoms with van der Waals surface area (Å²) in [6.45, 7) is 7.62. The lowest BCUT2D eigenvalue weighted by Gasteiger charge is -2.38. The second kappa shape index (κ2) is 6.91. The normalized spacial score (nSPS) is 17.0. The number of amides is 1. The molecule has 0 bridgehead atoms. The smallest absolute Gasteiger partial charge is 0.253 e. The fourth-order valence-corrected chi connectivity index (χ4v) is 2.75. The molecule has 21 heavy (non-hydrogen) atoms. The van der Waals surface area contributed by atoms with Crippen molar-refractivity contribution >= 4 is 11.6 Å². The fourth-order valence-electron chi connectivity index (χ4n) is 2.75. The molecule has 1 heterocycles. The maximum Gasteiger partial charge on any atom is 0.253 e. The van der Waals surface area contributed by atoms with Crippen molar-refractivity contribution in [3.05, 3.63) is 29.3 Å². The topological polar surface area (TPSA) is 58.8 Å². The molecule has 1 unspecified atom stereocenters. The Hall–Kier alpha value is -1.59. The Labute approximate surface area is 126 Å². The summed E-state index contributed by atoms with van der Waals surface area (Å²) in [5, 5.41) is 0. The van der Waals surface area contributed by atoms with Crippen molar-refractivity contribution in [1.29, 1.82) is 0 Å². The Kier molecular flexibility index (Phi) is 5.20. The lowest BCUT2D eigenvalue weighted by Crippen LogP contribution is -2.53. The number of anilines is 1. The van der Waals surface area contributed by atoms with E-state index >= 15 is 0 Å². The molecule has 0 spiro atoms. The summed E-state index contributed by atoms with van der Waals surface area (Å²) in [7, 11) is 1.53. The Morgan fingerprint density at radius 3 is 2.52 bits per heavy atom. The molecule has 1 saturated heterocycles. The average Bonchev–Trinajstić information content (AvgIpc) is 2.51. The first-order valence-electron chi connectivity index (χ1n) is 7.41. The van der Waals surface area contributed by atoms with Crippen LogP contribution in [0.25, 0.3) is 0 Å². The number of ether oxygens (including phenoxy) is 1. The van der Waals surface area contributed by atoms with Gasteiger partial charge in [0.15, 0.2) is 0 Å². The zero-order chi connectivity index (χ0) is 15.4. The Morgan fingerprint density at radius 2 is 1.95 bits per heavy atom. The van der Waals surface area contributed by atoms with Gasteiger partial charge in [-0.15, -0.1) is 0 Å². The van der Waals surface area contributed by atoms with E-state index in [1.165, 1.54) is 23.9 Å². The fraction of sp³-hybridized carbons (Fsp3) is 0.562. The highest BCUT2D eigenvalue weighted by atomic mass is 16.5. The van der Waals surface area contributed by atoms with Crippen LogP contribution in [0.5, 0.6) is 0 Å².